The van der Waals surface area contributed by atoms with Gasteiger partial charge in [-0.3, -0.25) is 9.52 Å². The number of aryl methyl sites for hydroxylation is 1. The summed E-state index contributed by atoms with van der Waals surface area (Å²) in [6, 6.07) is 7.08. The lowest BCUT2D eigenvalue weighted by Crippen LogP contribution is -2.43. The third-order valence-corrected chi connectivity index (χ3v) is 6.16. The topological polar surface area (TPSA) is 75.7 Å². The number of carbonyl (C=O) groups excluding carboxylic acids is 1. The number of anilines is 2. The highest BCUT2D eigenvalue weighted by molar-refractivity contribution is 9.10. The smallest absolute Gasteiger partial charge is 0.267 e. The Kier molecular flexibility index (Phi) is 5.18. The van der Waals surface area contributed by atoms with Gasteiger partial charge in [0.2, 0.25) is 0 Å². The van der Waals surface area contributed by atoms with Crippen molar-refractivity contribution in [3.8, 4) is 5.75 Å². The lowest BCUT2D eigenvalue weighted by atomic mass is 10.1. The molecule has 1 amide bonds. The molecule has 2 aromatic rings. The Labute approximate surface area is 165 Å². The molecule has 1 atom stereocenters. The van der Waals surface area contributed by atoms with E-state index in [9.17, 15) is 17.6 Å². The molecule has 0 bridgehead atoms. The zero-order chi connectivity index (χ0) is 19.9. The molecule has 3 rings (SSSR count). The quantitative estimate of drug-likeness (QED) is 0.758. The first-order valence-electron chi connectivity index (χ1n) is 8.20. The molecule has 1 aliphatic heterocycles. The molecule has 1 heterocycles. The summed E-state index contributed by atoms with van der Waals surface area (Å²) < 4.78 is 48.3. The van der Waals surface area contributed by atoms with Crippen LogP contribution in [-0.2, 0) is 14.8 Å². The van der Waals surface area contributed by atoms with Crippen LogP contribution in [-0.4, -0.2) is 27.5 Å². The number of hydrogen-bond donors (Lipinski definition) is 1. The molecule has 0 saturated carbocycles. The Morgan fingerprint density at radius 3 is 2.63 bits per heavy atom. The molecule has 0 aliphatic carbocycles. The summed E-state index contributed by atoms with van der Waals surface area (Å²) in [5, 5.41) is 0. The minimum Gasteiger partial charge on any atom is -0.477 e. The van der Waals surface area contributed by atoms with Crippen LogP contribution >= 0.6 is 15.9 Å². The van der Waals surface area contributed by atoms with Gasteiger partial charge in [0, 0.05) is 11.5 Å². The Balaban J connectivity index is 2.09. The Hall–Kier alpha value is -2.13. The summed E-state index contributed by atoms with van der Waals surface area (Å²) >= 11 is 3.27. The fourth-order valence-electron chi connectivity index (χ4n) is 2.77. The van der Waals surface area contributed by atoms with Crippen molar-refractivity contribution in [2.24, 2.45) is 0 Å². The van der Waals surface area contributed by atoms with Gasteiger partial charge in [0.25, 0.3) is 15.9 Å². The number of sulfonamides is 1. The van der Waals surface area contributed by atoms with Gasteiger partial charge in [-0.05, 0) is 43.2 Å². The van der Waals surface area contributed by atoms with Crippen LogP contribution in [0.1, 0.15) is 18.9 Å². The highest BCUT2D eigenvalue weighted by Gasteiger charge is 2.36. The molecule has 1 N–H and O–H groups in total. The van der Waals surface area contributed by atoms with Crippen molar-refractivity contribution in [2.75, 3.05) is 16.7 Å². The molecule has 0 radical (unpaired) electrons. The first-order valence-corrected chi connectivity index (χ1v) is 10.5. The zero-order valence-corrected chi connectivity index (χ0v) is 17.3. The third-order valence-electron chi connectivity index (χ3n) is 4.31. The minimum atomic E-state index is -4.09. The monoisotopic (exact) mass is 456 g/mol. The van der Waals surface area contributed by atoms with Crippen molar-refractivity contribution in [3.05, 3.63) is 46.2 Å². The zero-order valence-electron chi connectivity index (χ0n) is 14.9. The maximum atomic E-state index is 13.8. The number of likely N-dealkylation sites (N-methyl/N-ethyl adjacent to an activating group) is 1. The molecular formula is C18H18BrFN2O4S. The lowest BCUT2D eigenvalue weighted by molar-refractivity contribution is -0.126. The second-order valence-corrected chi connectivity index (χ2v) is 8.80. The van der Waals surface area contributed by atoms with E-state index in [1.807, 2.05) is 0 Å². The summed E-state index contributed by atoms with van der Waals surface area (Å²) in [6.07, 6.45) is -0.371. The minimum absolute atomic E-state index is 0.0900. The molecule has 144 valence electrons. The van der Waals surface area contributed by atoms with Gasteiger partial charge in [-0.25, -0.2) is 12.8 Å². The van der Waals surface area contributed by atoms with E-state index >= 15 is 0 Å². The predicted molar refractivity (Wildman–Crippen MR) is 104 cm³/mol. The Morgan fingerprint density at radius 2 is 2.00 bits per heavy atom. The van der Waals surface area contributed by atoms with E-state index in [2.05, 4.69) is 20.7 Å². The highest BCUT2D eigenvalue weighted by Crippen LogP contribution is 2.42. The van der Waals surface area contributed by atoms with Gasteiger partial charge in [-0.2, -0.15) is 0 Å². The number of amides is 1. The number of halogens is 2. The maximum absolute atomic E-state index is 13.8. The van der Waals surface area contributed by atoms with E-state index in [0.29, 0.717) is 22.1 Å². The first-order chi connectivity index (χ1) is 12.6. The van der Waals surface area contributed by atoms with E-state index in [1.54, 1.807) is 27.0 Å². The van der Waals surface area contributed by atoms with Gasteiger partial charge < -0.3 is 9.64 Å². The van der Waals surface area contributed by atoms with Crippen LogP contribution in [0.4, 0.5) is 15.8 Å². The van der Waals surface area contributed by atoms with E-state index in [0.717, 1.165) is 6.07 Å². The van der Waals surface area contributed by atoms with Gasteiger partial charge in [0.05, 0.1) is 11.4 Å². The van der Waals surface area contributed by atoms with Crippen molar-refractivity contribution in [1.29, 1.82) is 0 Å². The molecule has 0 fully saturated rings. The average Bonchev–Trinajstić information content (AvgIpc) is 2.61. The number of rotatable bonds is 4. The van der Waals surface area contributed by atoms with Crippen molar-refractivity contribution in [1.82, 2.24) is 0 Å². The van der Waals surface area contributed by atoms with Crippen molar-refractivity contribution in [3.63, 3.8) is 0 Å². The Morgan fingerprint density at radius 1 is 1.30 bits per heavy atom. The first kappa shape index (κ1) is 19.6. The molecule has 0 aromatic heterocycles. The van der Waals surface area contributed by atoms with E-state index in [1.165, 1.54) is 23.1 Å². The van der Waals surface area contributed by atoms with E-state index in [4.69, 9.17) is 4.74 Å². The molecule has 1 aliphatic rings. The summed E-state index contributed by atoms with van der Waals surface area (Å²) in [4.78, 5) is 13.6. The maximum Gasteiger partial charge on any atom is 0.267 e. The van der Waals surface area contributed by atoms with Crippen molar-refractivity contribution < 1.29 is 22.3 Å². The molecule has 2 aromatic carbocycles. The molecule has 9 heteroatoms. The van der Waals surface area contributed by atoms with Crippen LogP contribution in [0, 0.1) is 12.7 Å². The van der Waals surface area contributed by atoms with Gasteiger partial charge in [-0.15, -0.1) is 0 Å². The van der Waals surface area contributed by atoms with Gasteiger partial charge in [-0.1, -0.05) is 28.9 Å². The van der Waals surface area contributed by atoms with Crippen LogP contribution in [0.5, 0.6) is 5.75 Å². The van der Waals surface area contributed by atoms with Crippen molar-refractivity contribution >= 4 is 43.2 Å². The van der Waals surface area contributed by atoms with Gasteiger partial charge in [0.15, 0.2) is 11.9 Å². The van der Waals surface area contributed by atoms with Crippen LogP contribution in [0.2, 0.25) is 0 Å². The van der Waals surface area contributed by atoms with Crippen LogP contribution in [0.15, 0.2) is 39.7 Å². The van der Waals surface area contributed by atoms with Gasteiger partial charge in [0.1, 0.15) is 10.7 Å². The summed E-state index contributed by atoms with van der Waals surface area (Å²) in [5.41, 5.74) is 0.848. The predicted octanol–water partition coefficient (Wildman–Crippen LogP) is 3.83. The number of ether oxygens (including phenoxy) is 1. The number of carbonyl (C=O) groups is 1. The summed E-state index contributed by atoms with van der Waals surface area (Å²) in [5.74, 6) is -0.675. The number of hydrogen-bond acceptors (Lipinski definition) is 4. The summed E-state index contributed by atoms with van der Waals surface area (Å²) in [6.45, 7) is 3.37. The summed E-state index contributed by atoms with van der Waals surface area (Å²) in [7, 11) is -2.52. The number of nitrogens with zero attached hydrogens (tertiary/aromatic N) is 1. The van der Waals surface area contributed by atoms with Gasteiger partial charge >= 0.3 is 0 Å². The molecular weight excluding hydrogens is 439 g/mol. The largest absolute Gasteiger partial charge is 0.477 e. The molecule has 1 unspecified atom stereocenters. The van der Waals surface area contributed by atoms with E-state index in [-0.39, 0.29) is 22.2 Å². The second-order valence-electron chi connectivity index (χ2n) is 6.23. The van der Waals surface area contributed by atoms with Crippen LogP contribution in [0.3, 0.4) is 0 Å². The molecule has 0 spiro atoms. The number of fused-ring (bicyclic) bond motifs is 1. The lowest BCUT2D eigenvalue weighted by Gasteiger charge is -2.32. The van der Waals surface area contributed by atoms with Crippen LogP contribution in [0.25, 0.3) is 0 Å². The van der Waals surface area contributed by atoms with E-state index < -0.39 is 21.9 Å². The second kappa shape index (κ2) is 7.12. The molecule has 27 heavy (non-hydrogen) atoms. The molecule has 0 saturated heterocycles. The normalized spacial score (nSPS) is 16.7. The third kappa shape index (κ3) is 3.66. The number of benzene rings is 2. The number of nitrogens with one attached hydrogen (secondary N) is 1. The van der Waals surface area contributed by atoms with Crippen LogP contribution < -0.4 is 14.4 Å². The Bertz CT molecular complexity index is 1030. The highest BCUT2D eigenvalue weighted by atomic mass is 79.9. The fraction of sp³-hybridized carbons (Fsp3) is 0.278. The molecule has 6 nitrogen and oxygen atoms in total. The SMILES string of the molecule is CCC1Oc2c(cc(Br)cc2S(=O)(=O)Nc2ccc(C)c(F)c2)N(C)C1=O. The fourth-order valence-corrected chi connectivity index (χ4v) is 4.60. The average molecular weight is 457 g/mol. The standard InChI is InChI=1S/C18H18BrFN2O4S/c1-4-15-18(23)22(3)14-7-11(19)8-16(17(14)26-15)27(24,25)21-12-6-5-10(2)13(20)9-12/h5-9,15,21H,4H2,1-3H3. The van der Waals surface area contributed by atoms with Crippen molar-refractivity contribution in [2.45, 2.75) is 31.3 Å².